The van der Waals surface area contributed by atoms with Gasteiger partial charge in [0.25, 0.3) is 0 Å². The molecule has 0 aliphatic rings. The van der Waals surface area contributed by atoms with E-state index in [1.807, 2.05) is 24.3 Å². The fourth-order valence-electron chi connectivity index (χ4n) is 1.86. The lowest BCUT2D eigenvalue weighted by atomic mass is 10.1. The molecule has 1 aromatic heterocycles. The van der Waals surface area contributed by atoms with Crippen LogP contribution >= 0.6 is 0 Å². The van der Waals surface area contributed by atoms with Crippen molar-refractivity contribution in [2.75, 3.05) is 18.5 Å². The van der Waals surface area contributed by atoms with Crippen LogP contribution in [0.2, 0.25) is 0 Å². The molecule has 0 amide bonds. The van der Waals surface area contributed by atoms with Crippen molar-refractivity contribution in [3.8, 4) is 0 Å². The first-order chi connectivity index (χ1) is 8.80. The third-order valence-electron chi connectivity index (χ3n) is 2.86. The molecule has 1 heterocycles. The van der Waals surface area contributed by atoms with Gasteiger partial charge in [0, 0.05) is 23.7 Å². The number of aromatic nitrogens is 1. The number of hydrogen-bond acceptors (Lipinski definition) is 5. The smallest absolute Gasteiger partial charge is 0.0723 e. The van der Waals surface area contributed by atoms with Crippen molar-refractivity contribution in [2.24, 2.45) is 5.73 Å². The molecule has 0 radical (unpaired) electrons. The van der Waals surface area contributed by atoms with E-state index < -0.39 is 6.04 Å². The SMILES string of the molecule is NCc1cnc2ccccc2c1NC(CO)CO. The van der Waals surface area contributed by atoms with Crippen LogP contribution in [0, 0.1) is 0 Å². The summed E-state index contributed by atoms with van der Waals surface area (Å²) in [6.07, 6.45) is 1.72. The van der Waals surface area contributed by atoms with Gasteiger partial charge in [0.05, 0.1) is 30.5 Å². The fourth-order valence-corrected chi connectivity index (χ4v) is 1.86. The second-order valence-electron chi connectivity index (χ2n) is 4.09. The minimum absolute atomic E-state index is 0.142. The van der Waals surface area contributed by atoms with E-state index in [-0.39, 0.29) is 13.2 Å². The lowest BCUT2D eigenvalue weighted by Crippen LogP contribution is -2.28. The summed E-state index contributed by atoms with van der Waals surface area (Å²) in [6.45, 7) is 0.0675. The number of aliphatic hydroxyl groups excluding tert-OH is 2. The number of nitrogens with one attached hydrogen (secondary N) is 1. The van der Waals surface area contributed by atoms with Crippen LogP contribution < -0.4 is 11.1 Å². The average Bonchev–Trinajstić information content (AvgIpc) is 2.44. The average molecular weight is 247 g/mol. The van der Waals surface area contributed by atoms with Gasteiger partial charge in [-0.2, -0.15) is 0 Å². The second-order valence-corrected chi connectivity index (χ2v) is 4.09. The zero-order valence-corrected chi connectivity index (χ0v) is 10.0. The van der Waals surface area contributed by atoms with Crippen molar-refractivity contribution < 1.29 is 10.2 Å². The predicted octanol–water partition coefficient (Wildman–Crippen LogP) is 0.459. The largest absolute Gasteiger partial charge is 0.394 e. The molecular formula is C13H17N3O2. The van der Waals surface area contributed by atoms with E-state index in [9.17, 15) is 0 Å². The Morgan fingerprint density at radius 2 is 1.94 bits per heavy atom. The zero-order chi connectivity index (χ0) is 13.0. The summed E-state index contributed by atoms with van der Waals surface area (Å²) in [6, 6.07) is 7.28. The van der Waals surface area contributed by atoms with Crippen molar-refractivity contribution in [2.45, 2.75) is 12.6 Å². The lowest BCUT2D eigenvalue weighted by molar-refractivity contribution is 0.204. The van der Waals surface area contributed by atoms with Crippen LogP contribution in [0.3, 0.4) is 0 Å². The van der Waals surface area contributed by atoms with Crippen molar-refractivity contribution in [3.63, 3.8) is 0 Å². The van der Waals surface area contributed by atoms with Gasteiger partial charge in [0.1, 0.15) is 0 Å². The molecule has 5 N–H and O–H groups in total. The highest BCUT2D eigenvalue weighted by Crippen LogP contribution is 2.26. The van der Waals surface area contributed by atoms with Crippen LogP contribution in [0.1, 0.15) is 5.56 Å². The van der Waals surface area contributed by atoms with Gasteiger partial charge in [0.2, 0.25) is 0 Å². The fraction of sp³-hybridized carbons (Fsp3) is 0.308. The minimum Gasteiger partial charge on any atom is -0.394 e. The number of rotatable bonds is 5. The maximum Gasteiger partial charge on any atom is 0.0723 e. The van der Waals surface area contributed by atoms with Crippen LogP contribution in [-0.4, -0.2) is 34.5 Å². The van der Waals surface area contributed by atoms with Crippen molar-refractivity contribution in [1.29, 1.82) is 0 Å². The molecule has 0 atom stereocenters. The highest BCUT2D eigenvalue weighted by atomic mass is 16.3. The van der Waals surface area contributed by atoms with E-state index in [1.165, 1.54) is 0 Å². The number of fused-ring (bicyclic) bond motifs is 1. The monoisotopic (exact) mass is 247 g/mol. The molecule has 0 saturated carbocycles. The Labute approximate surface area is 105 Å². The van der Waals surface area contributed by atoms with Crippen molar-refractivity contribution >= 4 is 16.6 Å². The molecule has 96 valence electrons. The van der Waals surface area contributed by atoms with E-state index in [4.69, 9.17) is 15.9 Å². The van der Waals surface area contributed by atoms with Crippen LogP contribution in [0.4, 0.5) is 5.69 Å². The number of aliphatic hydroxyl groups is 2. The molecule has 0 unspecified atom stereocenters. The highest BCUT2D eigenvalue weighted by Gasteiger charge is 2.12. The van der Waals surface area contributed by atoms with Gasteiger partial charge in [-0.05, 0) is 6.07 Å². The van der Waals surface area contributed by atoms with Gasteiger partial charge >= 0.3 is 0 Å². The summed E-state index contributed by atoms with van der Waals surface area (Å²) >= 11 is 0. The molecular weight excluding hydrogens is 230 g/mol. The number of anilines is 1. The Hall–Kier alpha value is -1.69. The Kier molecular flexibility index (Phi) is 4.09. The van der Waals surface area contributed by atoms with Gasteiger partial charge < -0.3 is 21.3 Å². The minimum atomic E-state index is -0.402. The first-order valence-electron chi connectivity index (χ1n) is 5.85. The second kappa shape index (κ2) is 5.77. The van der Waals surface area contributed by atoms with Gasteiger partial charge in [-0.3, -0.25) is 4.98 Å². The molecule has 5 heteroatoms. The topological polar surface area (TPSA) is 91.4 Å². The highest BCUT2D eigenvalue weighted by molar-refractivity contribution is 5.92. The van der Waals surface area contributed by atoms with Crippen LogP contribution in [-0.2, 0) is 6.54 Å². The van der Waals surface area contributed by atoms with Crippen LogP contribution in [0.5, 0.6) is 0 Å². The van der Waals surface area contributed by atoms with Crippen molar-refractivity contribution in [3.05, 3.63) is 36.0 Å². The van der Waals surface area contributed by atoms with Crippen LogP contribution in [0.15, 0.2) is 30.5 Å². The number of benzene rings is 1. The molecule has 1 aromatic carbocycles. The maximum absolute atomic E-state index is 9.15. The van der Waals surface area contributed by atoms with Gasteiger partial charge in [0.15, 0.2) is 0 Å². The summed E-state index contributed by atoms with van der Waals surface area (Å²) in [5.74, 6) is 0. The lowest BCUT2D eigenvalue weighted by Gasteiger charge is -2.19. The first kappa shape index (κ1) is 12.8. The van der Waals surface area contributed by atoms with Crippen molar-refractivity contribution in [1.82, 2.24) is 4.98 Å². The first-order valence-corrected chi connectivity index (χ1v) is 5.85. The Morgan fingerprint density at radius 1 is 1.22 bits per heavy atom. The molecule has 5 nitrogen and oxygen atoms in total. The number of pyridine rings is 1. The number of hydrogen-bond donors (Lipinski definition) is 4. The molecule has 2 rings (SSSR count). The Bertz CT molecular complexity index is 527. The van der Waals surface area contributed by atoms with E-state index in [2.05, 4.69) is 10.3 Å². The third-order valence-corrected chi connectivity index (χ3v) is 2.86. The quantitative estimate of drug-likeness (QED) is 0.616. The van der Waals surface area contributed by atoms with Crippen LogP contribution in [0.25, 0.3) is 10.9 Å². The standard InChI is InChI=1S/C13H17N3O2/c14-5-9-6-15-12-4-2-1-3-11(12)13(9)16-10(7-17)8-18/h1-4,6,10,17-18H,5,7-8,14H2,(H,15,16). The van der Waals surface area contributed by atoms with E-state index in [0.29, 0.717) is 6.54 Å². The molecule has 2 aromatic rings. The Balaban J connectivity index is 2.50. The summed E-state index contributed by atoms with van der Waals surface area (Å²) in [4.78, 5) is 4.33. The number of para-hydroxylation sites is 1. The molecule has 18 heavy (non-hydrogen) atoms. The van der Waals surface area contributed by atoms with Gasteiger partial charge in [-0.15, -0.1) is 0 Å². The summed E-state index contributed by atoms with van der Waals surface area (Å²) in [5.41, 5.74) is 8.24. The molecule has 0 saturated heterocycles. The molecule has 0 aliphatic carbocycles. The normalized spacial score (nSPS) is 11.1. The number of nitrogens with two attached hydrogens (primary N) is 1. The third kappa shape index (κ3) is 2.43. The summed E-state index contributed by atoms with van der Waals surface area (Å²) < 4.78 is 0. The van der Waals surface area contributed by atoms with Gasteiger partial charge in [-0.25, -0.2) is 0 Å². The maximum atomic E-state index is 9.15. The van der Waals surface area contributed by atoms with E-state index in [1.54, 1.807) is 6.20 Å². The summed E-state index contributed by atoms with van der Waals surface area (Å²) in [7, 11) is 0. The number of nitrogens with zero attached hydrogens (tertiary/aromatic N) is 1. The summed E-state index contributed by atoms with van der Waals surface area (Å²) in [5, 5.41) is 22.4. The molecule has 0 aliphatic heterocycles. The zero-order valence-electron chi connectivity index (χ0n) is 10.0. The molecule has 0 bridgehead atoms. The Morgan fingerprint density at radius 3 is 2.61 bits per heavy atom. The molecule has 0 spiro atoms. The molecule has 0 fully saturated rings. The van der Waals surface area contributed by atoms with E-state index in [0.717, 1.165) is 22.2 Å². The predicted molar refractivity (Wildman–Crippen MR) is 71.2 cm³/mol. The van der Waals surface area contributed by atoms with E-state index >= 15 is 0 Å². The van der Waals surface area contributed by atoms with Gasteiger partial charge in [-0.1, -0.05) is 18.2 Å².